The monoisotopic (exact) mass is 271 g/mol. The highest BCUT2D eigenvalue weighted by molar-refractivity contribution is 7.90. The Hall–Kier alpha value is -1.07. The summed E-state index contributed by atoms with van der Waals surface area (Å²) in [5.41, 5.74) is 2.11. The average molecular weight is 271 g/mol. The molecular formula is C13H21NO3S. The lowest BCUT2D eigenvalue weighted by Crippen LogP contribution is -2.20. The average Bonchev–Trinajstić information content (AvgIpc) is 2.30. The first-order valence-corrected chi connectivity index (χ1v) is 7.93. The Bertz CT molecular complexity index is 497. The Balaban J connectivity index is 2.88. The van der Waals surface area contributed by atoms with Gasteiger partial charge in [-0.2, -0.15) is 0 Å². The van der Waals surface area contributed by atoms with E-state index in [4.69, 9.17) is 4.74 Å². The SMILES string of the molecule is CNC(CCS(C)(=O)=O)c1ccc(C)c(OC)c1. The van der Waals surface area contributed by atoms with Gasteiger partial charge in [0, 0.05) is 12.3 Å². The van der Waals surface area contributed by atoms with Crippen LogP contribution in [0.3, 0.4) is 0 Å². The van der Waals surface area contributed by atoms with Crippen molar-refractivity contribution in [1.82, 2.24) is 5.32 Å². The van der Waals surface area contributed by atoms with Gasteiger partial charge in [-0.15, -0.1) is 0 Å². The highest BCUT2D eigenvalue weighted by atomic mass is 32.2. The van der Waals surface area contributed by atoms with Crippen LogP contribution in [-0.2, 0) is 9.84 Å². The van der Waals surface area contributed by atoms with Crippen molar-refractivity contribution in [2.24, 2.45) is 0 Å². The molecule has 18 heavy (non-hydrogen) atoms. The predicted molar refractivity (Wildman–Crippen MR) is 73.9 cm³/mol. The molecule has 1 rings (SSSR count). The van der Waals surface area contributed by atoms with Crippen molar-refractivity contribution in [3.05, 3.63) is 29.3 Å². The maximum Gasteiger partial charge on any atom is 0.147 e. The predicted octanol–water partition coefficient (Wildman–Crippen LogP) is 1.70. The molecule has 102 valence electrons. The van der Waals surface area contributed by atoms with E-state index in [0.29, 0.717) is 6.42 Å². The Morgan fingerprint density at radius 1 is 1.39 bits per heavy atom. The van der Waals surface area contributed by atoms with Crippen molar-refractivity contribution in [2.45, 2.75) is 19.4 Å². The highest BCUT2D eigenvalue weighted by Crippen LogP contribution is 2.25. The van der Waals surface area contributed by atoms with Crippen molar-refractivity contribution in [3.8, 4) is 5.75 Å². The molecule has 0 amide bonds. The number of aryl methyl sites for hydroxylation is 1. The molecule has 0 fully saturated rings. The van der Waals surface area contributed by atoms with Crippen molar-refractivity contribution in [1.29, 1.82) is 0 Å². The second-order valence-corrected chi connectivity index (χ2v) is 6.75. The summed E-state index contributed by atoms with van der Waals surface area (Å²) in [6, 6.07) is 5.97. The van der Waals surface area contributed by atoms with E-state index in [1.165, 1.54) is 6.26 Å². The third-order valence-electron chi connectivity index (χ3n) is 2.96. The molecule has 0 saturated heterocycles. The quantitative estimate of drug-likeness (QED) is 0.855. The molecule has 0 bridgehead atoms. The van der Waals surface area contributed by atoms with Crippen LogP contribution in [0.2, 0.25) is 0 Å². The van der Waals surface area contributed by atoms with Crippen LogP contribution in [0.4, 0.5) is 0 Å². The third kappa shape index (κ3) is 4.31. The van der Waals surface area contributed by atoms with Crippen LogP contribution in [0, 0.1) is 6.92 Å². The number of sulfone groups is 1. The second kappa shape index (κ2) is 6.20. The zero-order chi connectivity index (χ0) is 13.8. The summed E-state index contributed by atoms with van der Waals surface area (Å²) in [5, 5.41) is 3.14. The zero-order valence-electron chi connectivity index (χ0n) is 11.4. The molecule has 0 aliphatic carbocycles. The van der Waals surface area contributed by atoms with Crippen LogP contribution < -0.4 is 10.1 Å². The summed E-state index contributed by atoms with van der Waals surface area (Å²) in [6.45, 7) is 1.98. The van der Waals surface area contributed by atoms with E-state index in [1.807, 2.05) is 32.2 Å². The van der Waals surface area contributed by atoms with Crippen molar-refractivity contribution in [3.63, 3.8) is 0 Å². The molecule has 0 aliphatic rings. The number of methoxy groups -OCH3 is 1. The first kappa shape index (κ1) is 15.0. The summed E-state index contributed by atoms with van der Waals surface area (Å²) in [4.78, 5) is 0. The fraction of sp³-hybridized carbons (Fsp3) is 0.538. The van der Waals surface area contributed by atoms with Crippen LogP contribution in [0.5, 0.6) is 5.75 Å². The van der Waals surface area contributed by atoms with Crippen LogP contribution in [0.25, 0.3) is 0 Å². The van der Waals surface area contributed by atoms with Gasteiger partial charge in [0.15, 0.2) is 0 Å². The summed E-state index contributed by atoms with van der Waals surface area (Å²) >= 11 is 0. The minimum absolute atomic E-state index is 0.0224. The van der Waals surface area contributed by atoms with Crippen molar-refractivity contribution in [2.75, 3.05) is 26.2 Å². The number of ether oxygens (including phenoxy) is 1. The fourth-order valence-electron chi connectivity index (χ4n) is 1.86. The first-order chi connectivity index (χ1) is 8.37. The molecule has 0 aromatic heterocycles. The van der Waals surface area contributed by atoms with E-state index in [1.54, 1.807) is 7.11 Å². The molecule has 1 aromatic rings. The largest absolute Gasteiger partial charge is 0.496 e. The van der Waals surface area contributed by atoms with Gasteiger partial charge < -0.3 is 10.1 Å². The van der Waals surface area contributed by atoms with Crippen LogP contribution >= 0.6 is 0 Å². The molecule has 1 atom stereocenters. The van der Waals surface area contributed by atoms with Gasteiger partial charge in [0.2, 0.25) is 0 Å². The zero-order valence-corrected chi connectivity index (χ0v) is 12.2. The molecule has 0 saturated carbocycles. The minimum atomic E-state index is -2.93. The Labute approximate surface area is 109 Å². The second-order valence-electron chi connectivity index (χ2n) is 4.49. The Morgan fingerprint density at radius 3 is 2.56 bits per heavy atom. The summed E-state index contributed by atoms with van der Waals surface area (Å²) < 4.78 is 27.7. The number of nitrogens with one attached hydrogen (secondary N) is 1. The lowest BCUT2D eigenvalue weighted by molar-refractivity contribution is 0.410. The molecule has 4 nitrogen and oxygen atoms in total. The summed E-state index contributed by atoms with van der Waals surface area (Å²) in [6.07, 6.45) is 1.82. The first-order valence-electron chi connectivity index (χ1n) is 5.87. The maximum atomic E-state index is 11.2. The van der Waals surface area contributed by atoms with Gasteiger partial charge in [0.05, 0.1) is 12.9 Å². The lowest BCUT2D eigenvalue weighted by atomic mass is 10.0. The van der Waals surface area contributed by atoms with E-state index < -0.39 is 9.84 Å². The number of hydrogen-bond donors (Lipinski definition) is 1. The number of rotatable bonds is 6. The standard InChI is InChI=1S/C13H21NO3S/c1-10-5-6-11(9-13(10)17-3)12(14-2)7-8-18(4,15)16/h5-6,9,12,14H,7-8H2,1-4H3. The fourth-order valence-corrected chi connectivity index (χ4v) is 2.53. The number of benzene rings is 1. The Morgan fingerprint density at radius 2 is 2.06 bits per heavy atom. The van der Waals surface area contributed by atoms with Crippen LogP contribution in [0.15, 0.2) is 18.2 Å². The molecule has 0 heterocycles. The maximum absolute atomic E-state index is 11.2. The van der Waals surface area contributed by atoms with Gasteiger partial charge in [0.1, 0.15) is 15.6 Å². The van der Waals surface area contributed by atoms with Crippen molar-refractivity contribution >= 4 is 9.84 Å². The minimum Gasteiger partial charge on any atom is -0.496 e. The molecular weight excluding hydrogens is 250 g/mol. The Kier molecular flexibility index (Phi) is 5.16. The van der Waals surface area contributed by atoms with Crippen LogP contribution in [-0.4, -0.2) is 34.6 Å². The van der Waals surface area contributed by atoms with Gasteiger partial charge in [-0.1, -0.05) is 12.1 Å². The molecule has 0 radical (unpaired) electrons. The topological polar surface area (TPSA) is 55.4 Å². The molecule has 1 N–H and O–H groups in total. The summed E-state index contributed by atoms with van der Waals surface area (Å²) in [7, 11) is 0.536. The van der Waals surface area contributed by atoms with E-state index in [0.717, 1.165) is 16.9 Å². The van der Waals surface area contributed by atoms with E-state index in [9.17, 15) is 8.42 Å². The highest BCUT2D eigenvalue weighted by Gasteiger charge is 2.14. The molecule has 1 unspecified atom stereocenters. The van der Waals surface area contributed by atoms with Gasteiger partial charge in [-0.05, 0) is 37.6 Å². The van der Waals surface area contributed by atoms with E-state index in [-0.39, 0.29) is 11.8 Å². The summed E-state index contributed by atoms with van der Waals surface area (Å²) in [5.74, 6) is 1.00. The normalized spacial score (nSPS) is 13.3. The van der Waals surface area contributed by atoms with Crippen LogP contribution in [0.1, 0.15) is 23.6 Å². The van der Waals surface area contributed by atoms with Gasteiger partial charge in [-0.3, -0.25) is 0 Å². The smallest absolute Gasteiger partial charge is 0.147 e. The van der Waals surface area contributed by atoms with Crippen molar-refractivity contribution < 1.29 is 13.2 Å². The van der Waals surface area contributed by atoms with Gasteiger partial charge >= 0.3 is 0 Å². The van der Waals surface area contributed by atoms with Gasteiger partial charge in [-0.25, -0.2) is 8.42 Å². The van der Waals surface area contributed by atoms with E-state index in [2.05, 4.69) is 5.32 Å². The van der Waals surface area contributed by atoms with Gasteiger partial charge in [0.25, 0.3) is 0 Å². The molecule has 5 heteroatoms. The number of hydrogen-bond acceptors (Lipinski definition) is 4. The van der Waals surface area contributed by atoms with E-state index >= 15 is 0 Å². The third-order valence-corrected chi connectivity index (χ3v) is 3.94. The molecule has 1 aromatic carbocycles. The molecule has 0 spiro atoms. The molecule has 0 aliphatic heterocycles. The lowest BCUT2D eigenvalue weighted by Gasteiger charge is -2.17.